The van der Waals surface area contributed by atoms with Crippen LogP contribution in [0.5, 0.6) is 0 Å². The first-order chi connectivity index (χ1) is 7.66. The molecule has 5 heteroatoms. The zero-order chi connectivity index (χ0) is 11.5. The van der Waals surface area contributed by atoms with Crippen molar-refractivity contribution >= 4 is 21.8 Å². The van der Waals surface area contributed by atoms with Crippen molar-refractivity contribution in [2.45, 2.75) is 31.8 Å². The Morgan fingerprint density at radius 1 is 1.69 bits per heavy atom. The minimum atomic E-state index is -0.143. The van der Waals surface area contributed by atoms with Gasteiger partial charge in [-0.05, 0) is 48.3 Å². The highest BCUT2D eigenvalue weighted by Gasteiger charge is 2.22. The summed E-state index contributed by atoms with van der Waals surface area (Å²) in [4.78, 5) is 11.8. The molecule has 0 radical (unpaired) electrons. The van der Waals surface area contributed by atoms with Gasteiger partial charge in [-0.15, -0.1) is 0 Å². The Kier molecular flexibility index (Phi) is 3.66. The lowest BCUT2D eigenvalue weighted by atomic mass is 10.0. The summed E-state index contributed by atoms with van der Waals surface area (Å²) in [7, 11) is 0. The molecule has 16 heavy (non-hydrogen) atoms. The van der Waals surface area contributed by atoms with Gasteiger partial charge in [-0.1, -0.05) is 0 Å². The maximum Gasteiger partial charge on any atom is 0.288 e. The summed E-state index contributed by atoms with van der Waals surface area (Å²) < 4.78 is 5.82. The second-order valence-corrected chi connectivity index (χ2v) is 5.00. The third-order valence-corrected chi connectivity index (χ3v) is 3.41. The fourth-order valence-electron chi connectivity index (χ4n) is 1.97. The molecule has 0 saturated carbocycles. The average Bonchev–Trinajstić information content (AvgIpc) is 2.64. The fourth-order valence-corrected chi connectivity index (χ4v) is 2.35. The van der Waals surface area contributed by atoms with E-state index in [1.807, 2.05) is 0 Å². The second kappa shape index (κ2) is 5.01. The van der Waals surface area contributed by atoms with Crippen LogP contribution in [-0.2, 0) is 0 Å². The van der Waals surface area contributed by atoms with Crippen molar-refractivity contribution in [3.05, 3.63) is 22.6 Å². The van der Waals surface area contributed by atoms with E-state index in [2.05, 4.69) is 33.5 Å². The van der Waals surface area contributed by atoms with Crippen LogP contribution in [0.4, 0.5) is 0 Å². The first-order valence-electron chi connectivity index (χ1n) is 5.44. The first kappa shape index (κ1) is 11.7. The standard InChI is InChI=1S/C11H15BrN2O2/c1-7-6-8(2-4-13-7)14-11(15)10-9(12)3-5-16-10/h3,5,7-8,13H,2,4,6H2,1H3,(H,14,15). The van der Waals surface area contributed by atoms with Gasteiger partial charge in [0.25, 0.3) is 5.91 Å². The number of hydrogen-bond donors (Lipinski definition) is 2. The monoisotopic (exact) mass is 286 g/mol. The van der Waals surface area contributed by atoms with Gasteiger partial charge in [0.05, 0.1) is 10.7 Å². The van der Waals surface area contributed by atoms with Gasteiger partial charge < -0.3 is 15.1 Å². The van der Waals surface area contributed by atoms with Crippen molar-refractivity contribution in [1.82, 2.24) is 10.6 Å². The normalized spacial score (nSPS) is 25.4. The molecule has 88 valence electrons. The molecule has 1 aromatic heterocycles. The number of halogens is 1. The summed E-state index contributed by atoms with van der Waals surface area (Å²) in [6.07, 6.45) is 3.43. The van der Waals surface area contributed by atoms with E-state index in [0.717, 1.165) is 19.4 Å². The van der Waals surface area contributed by atoms with Crippen LogP contribution in [0.2, 0.25) is 0 Å². The molecule has 2 rings (SSSR count). The molecule has 2 atom stereocenters. The van der Waals surface area contributed by atoms with Crippen LogP contribution in [-0.4, -0.2) is 24.5 Å². The van der Waals surface area contributed by atoms with Gasteiger partial charge in [0.15, 0.2) is 0 Å². The minimum Gasteiger partial charge on any atom is -0.458 e. The largest absolute Gasteiger partial charge is 0.458 e. The Morgan fingerprint density at radius 3 is 3.12 bits per heavy atom. The predicted molar refractivity (Wildman–Crippen MR) is 64.4 cm³/mol. The lowest BCUT2D eigenvalue weighted by Crippen LogP contribution is -2.46. The van der Waals surface area contributed by atoms with E-state index >= 15 is 0 Å². The summed E-state index contributed by atoms with van der Waals surface area (Å²) >= 11 is 3.28. The van der Waals surface area contributed by atoms with Crippen LogP contribution < -0.4 is 10.6 Å². The molecule has 0 bridgehead atoms. The van der Waals surface area contributed by atoms with Crippen LogP contribution in [0.1, 0.15) is 30.3 Å². The fraction of sp³-hybridized carbons (Fsp3) is 0.545. The highest BCUT2D eigenvalue weighted by molar-refractivity contribution is 9.10. The number of nitrogens with one attached hydrogen (secondary N) is 2. The smallest absolute Gasteiger partial charge is 0.288 e. The maximum atomic E-state index is 11.8. The van der Waals surface area contributed by atoms with Crippen molar-refractivity contribution in [3.8, 4) is 0 Å². The number of piperidine rings is 1. The molecule has 4 nitrogen and oxygen atoms in total. The number of carbonyl (C=O) groups excluding carboxylic acids is 1. The summed E-state index contributed by atoms with van der Waals surface area (Å²) in [5.74, 6) is 0.210. The molecule has 1 aliphatic heterocycles. The molecule has 2 unspecified atom stereocenters. The van der Waals surface area contributed by atoms with E-state index in [1.165, 1.54) is 6.26 Å². The third-order valence-electron chi connectivity index (χ3n) is 2.78. The molecule has 0 aliphatic carbocycles. The molecule has 1 aromatic rings. The quantitative estimate of drug-likeness (QED) is 0.873. The second-order valence-electron chi connectivity index (χ2n) is 4.15. The zero-order valence-corrected chi connectivity index (χ0v) is 10.7. The van der Waals surface area contributed by atoms with Crippen molar-refractivity contribution in [1.29, 1.82) is 0 Å². The Balaban J connectivity index is 1.95. The highest BCUT2D eigenvalue weighted by Crippen LogP contribution is 2.18. The van der Waals surface area contributed by atoms with Gasteiger partial charge in [0.2, 0.25) is 5.76 Å². The average molecular weight is 287 g/mol. The molecule has 2 heterocycles. The summed E-state index contributed by atoms with van der Waals surface area (Å²) in [5.41, 5.74) is 0. The number of amides is 1. The number of furan rings is 1. The van der Waals surface area contributed by atoms with Crippen molar-refractivity contribution in [2.75, 3.05) is 6.54 Å². The molecule has 0 aromatic carbocycles. The van der Waals surface area contributed by atoms with Crippen LogP contribution in [0.15, 0.2) is 21.2 Å². The van der Waals surface area contributed by atoms with Crippen LogP contribution in [0.25, 0.3) is 0 Å². The van der Waals surface area contributed by atoms with E-state index in [0.29, 0.717) is 16.3 Å². The van der Waals surface area contributed by atoms with Gasteiger partial charge in [0, 0.05) is 12.1 Å². The SMILES string of the molecule is CC1CC(NC(=O)c2occc2Br)CCN1. The van der Waals surface area contributed by atoms with Gasteiger partial charge in [-0.3, -0.25) is 4.79 Å². The number of carbonyl (C=O) groups is 1. The van der Waals surface area contributed by atoms with Crippen LogP contribution in [0.3, 0.4) is 0 Å². The Bertz CT molecular complexity index is 378. The summed E-state index contributed by atoms with van der Waals surface area (Å²) in [5, 5.41) is 6.34. The van der Waals surface area contributed by atoms with Crippen molar-refractivity contribution < 1.29 is 9.21 Å². The lowest BCUT2D eigenvalue weighted by molar-refractivity contribution is 0.0896. The number of rotatable bonds is 2. The molecule has 2 N–H and O–H groups in total. The molecular weight excluding hydrogens is 272 g/mol. The lowest BCUT2D eigenvalue weighted by Gasteiger charge is -2.28. The predicted octanol–water partition coefficient (Wildman–Crippen LogP) is 1.91. The Hall–Kier alpha value is -0.810. The van der Waals surface area contributed by atoms with E-state index in [4.69, 9.17) is 4.42 Å². The summed E-state index contributed by atoms with van der Waals surface area (Å²) in [6.45, 7) is 3.08. The first-order valence-corrected chi connectivity index (χ1v) is 6.23. The van der Waals surface area contributed by atoms with Gasteiger partial charge in [-0.2, -0.15) is 0 Å². The van der Waals surface area contributed by atoms with Crippen molar-refractivity contribution in [2.24, 2.45) is 0 Å². The van der Waals surface area contributed by atoms with E-state index in [-0.39, 0.29) is 11.9 Å². The van der Waals surface area contributed by atoms with Crippen LogP contribution in [0, 0.1) is 0 Å². The van der Waals surface area contributed by atoms with Gasteiger partial charge in [-0.25, -0.2) is 0 Å². The van der Waals surface area contributed by atoms with E-state index in [9.17, 15) is 4.79 Å². The molecule has 1 amide bonds. The Labute approximate surface area is 103 Å². The molecule has 0 spiro atoms. The highest BCUT2D eigenvalue weighted by atomic mass is 79.9. The third kappa shape index (κ3) is 2.65. The van der Waals surface area contributed by atoms with E-state index in [1.54, 1.807) is 6.07 Å². The zero-order valence-electron chi connectivity index (χ0n) is 9.13. The molecule has 1 fully saturated rings. The van der Waals surface area contributed by atoms with Crippen LogP contribution >= 0.6 is 15.9 Å². The number of hydrogen-bond acceptors (Lipinski definition) is 3. The van der Waals surface area contributed by atoms with E-state index < -0.39 is 0 Å². The molecular formula is C11H15BrN2O2. The molecule has 1 aliphatic rings. The Morgan fingerprint density at radius 2 is 2.50 bits per heavy atom. The topological polar surface area (TPSA) is 54.3 Å². The maximum absolute atomic E-state index is 11.8. The van der Waals surface area contributed by atoms with Gasteiger partial charge >= 0.3 is 0 Å². The molecule has 1 saturated heterocycles. The minimum absolute atomic E-state index is 0.143. The van der Waals surface area contributed by atoms with Crippen molar-refractivity contribution in [3.63, 3.8) is 0 Å². The summed E-state index contributed by atoms with van der Waals surface area (Å²) in [6, 6.07) is 2.42. The van der Waals surface area contributed by atoms with Gasteiger partial charge in [0.1, 0.15) is 0 Å².